The molecule has 5 rings (SSSR count). The Bertz CT molecular complexity index is 1360. The van der Waals surface area contributed by atoms with E-state index < -0.39 is 6.10 Å². The second-order valence-electron chi connectivity index (χ2n) is 8.11. The van der Waals surface area contributed by atoms with Crippen molar-refractivity contribution in [1.29, 1.82) is 0 Å². The third-order valence-corrected chi connectivity index (χ3v) is 7.63. The molecule has 0 fully saturated rings. The molecule has 0 saturated heterocycles. The van der Waals surface area contributed by atoms with Crippen LogP contribution in [0, 0.1) is 13.8 Å². The van der Waals surface area contributed by atoms with Crippen LogP contribution in [-0.4, -0.2) is 41.3 Å². The standard InChI is InChI=1S/C25H25N5OS2/c1-17-11-22-23(12-18(17)2)29(16-26-22)14-20(31)15-33-25-28-27-24(13-21-9-6-10-32-21)30(25)19-7-4-3-5-8-19/h3-12,16,20,31H,13-15H2,1-2H3. The fraction of sp³-hybridized carbons (Fsp3) is 0.240. The zero-order chi connectivity index (χ0) is 22.8. The number of thioether (sulfide) groups is 1. The van der Waals surface area contributed by atoms with Gasteiger partial charge in [-0.25, -0.2) is 4.98 Å². The van der Waals surface area contributed by atoms with E-state index in [9.17, 15) is 5.11 Å². The van der Waals surface area contributed by atoms with Crippen LogP contribution in [0.1, 0.15) is 21.8 Å². The number of rotatable bonds is 8. The third kappa shape index (κ3) is 4.73. The number of nitrogens with zero attached hydrogens (tertiary/aromatic N) is 5. The highest BCUT2D eigenvalue weighted by molar-refractivity contribution is 7.99. The quantitative estimate of drug-likeness (QED) is 0.319. The van der Waals surface area contributed by atoms with Gasteiger partial charge in [-0.2, -0.15) is 0 Å². The first-order valence-electron chi connectivity index (χ1n) is 10.8. The summed E-state index contributed by atoms with van der Waals surface area (Å²) in [6, 6.07) is 18.6. The molecule has 8 heteroatoms. The molecule has 0 amide bonds. The topological polar surface area (TPSA) is 68.8 Å². The van der Waals surface area contributed by atoms with Gasteiger partial charge in [0.25, 0.3) is 0 Å². The predicted octanol–water partition coefficient (Wildman–Crippen LogP) is 5.04. The van der Waals surface area contributed by atoms with Crippen LogP contribution in [0.15, 0.2) is 71.5 Å². The number of hydrogen-bond donors (Lipinski definition) is 1. The number of para-hydroxylation sites is 1. The van der Waals surface area contributed by atoms with Gasteiger partial charge in [-0.05, 0) is 60.7 Å². The largest absolute Gasteiger partial charge is 0.390 e. The van der Waals surface area contributed by atoms with Gasteiger partial charge in [-0.15, -0.1) is 21.5 Å². The lowest BCUT2D eigenvalue weighted by Gasteiger charge is -2.13. The van der Waals surface area contributed by atoms with Gasteiger partial charge in [-0.3, -0.25) is 4.57 Å². The van der Waals surface area contributed by atoms with E-state index in [1.54, 1.807) is 11.3 Å². The van der Waals surface area contributed by atoms with Gasteiger partial charge in [0.05, 0.1) is 30.0 Å². The highest BCUT2D eigenvalue weighted by atomic mass is 32.2. The Hall–Kier alpha value is -2.94. The van der Waals surface area contributed by atoms with Crippen LogP contribution in [0.3, 0.4) is 0 Å². The summed E-state index contributed by atoms with van der Waals surface area (Å²) in [5, 5.41) is 22.6. The van der Waals surface area contributed by atoms with Crippen molar-refractivity contribution in [3.05, 3.63) is 88.1 Å². The van der Waals surface area contributed by atoms with Crippen LogP contribution < -0.4 is 0 Å². The molecule has 3 aromatic heterocycles. The van der Waals surface area contributed by atoms with Gasteiger partial charge < -0.3 is 9.67 Å². The molecular weight excluding hydrogens is 450 g/mol. The van der Waals surface area contributed by atoms with Crippen molar-refractivity contribution in [2.24, 2.45) is 0 Å². The van der Waals surface area contributed by atoms with E-state index in [-0.39, 0.29) is 0 Å². The summed E-state index contributed by atoms with van der Waals surface area (Å²) in [5.41, 5.74) is 5.48. The molecule has 0 bridgehead atoms. The smallest absolute Gasteiger partial charge is 0.195 e. The molecule has 1 atom stereocenters. The van der Waals surface area contributed by atoms with Gasteiger partial charge in [0.2, 0.25) is 0 Å². The van der Waals surface area contributed by atoms with Gasteiger partial charge in [0.1, 0.15) is 5.82 Å². The van der Waals surface area contributed by atoms with E-state index >= 15 is 0 Å². The van der Waals surface area contributed by atoms with Gasteiger partial charge in [0, 0.05) is 22.7 Å². The number of aliphatic hydroxyl groups excluding tert-OH is 1. The Balaban J connectivity index is 1.34. The van der Waals surface area contributed by atoms with Crippen LogP contribution in [0.5, 0.6) is 0 Å². The van der Waals surface area contributed by atoms with Crippen LogP contribution in [0.2, 0.25) is 0 Å². The molecule has 0 aliphatic heterocycles. The molecule has 0 aliphatic carbocycles. The number of aromatic nitrogens is 5. The Kier molecular flexibility index (Phi) is 6.30. The van der Waals surface area contributed by atoms with Crippen LogP contribution in [0.25, 0.3) is 16.7 Å². The number of imidazole rings is 1. The monoisotopic (exact) mass is 475 g/mol. The van der Waals surface area contributed by atoms with Crippen LogP contribution in [0.4, 0.5) is 0 Å². The molecule has 1 N–H and O–H groups in total. The Morgan fingerprint density at radius 1 is 1.03 bits per heavy atom. The van der Waals surface area contributed by atoms with Crippen molar-refractivity contribution in [1.82, 2.24) is 24.3 Å². The molecule has 33 heavy (non-hydrogen) atoms. The van der Waals surface area contributed by atoms with Crippen LogP contribution >= 0.6 is 23.1 Å². The number of benzene rings is 2. The molecular formula is C25H25N5OS2. The number of aliphatic hydroxyl groups is 1. The molecule has 0 spiro atoms. The molecule has 0 saturated carbocycles. The highest BCUT2D eigenvalue weighted by Gasteiger charge is 2.17. The maximum Gasteiger partial charge on any atom is 0.195 e. The molecule has 3 heterocycles. The summed E-state index contributed by atoms with van der Waals surface area (Å²) >= 11 is 3.24. The summed E-state index contributed by atoms with van der Waals surface area (Å²) in [6.07, 6.45) is 1.99. The Labute approximate surface area is 200 Å². The number of hydrogen-bond acceptors (Lipinski definition) is 6. The maximum atomic E-state index is 10.8. The van der Waals surface area contributed by atoms with Gasteiger partial charge in [-0.1, -0.05) is 36.0 Å². The second kappa shape index (κ2) is 9.51. The molecule has 6 nitrogen and oxygen atoms in total. The van der Waals surface area contributed by atoms with Gasteiger partial charge in [0.15, 0.2) is 5.16 Å². The summed E-state index contributed by atoms with van der Waals surface area (Å²) < 4.78 is 4.12. The minimum atomic E-state index is -0.546. The minimum absolute atomic E-state index is 0.480. The van der Waals surface area contributed by atoms with Crippen molar-refractivity contribution in [2.75, 3.05) is 5.75 Å². The molecule has 0 radical (unpaired) electrons. The summed E-state index contributed by atoms with van der Waals surface area (Å²) in [5.74, 6) is 1.40. The zero-order valence-corrected chi connectivity index (χ0v) is 20.2. The lowest BCUT2D eigenvalue weighted by atomic mass is 10.1. The summed E-state index contributed by atoms with van der Waals surface area (Å²) in [7, 11) is 0. The van der Waals surface area contributed by atoms with E-state index in [4.69, 9.17) is 0 Å². The number of aryl methyl sites for hydroxylation is 2. The normalized spacial score (nSPS) is 12.5. The maximum absolute atomic E-state index is 10.8. The van der Waals surface area contributed by atoms with E-state index in [1.807, 2.05) is 29.1 Å². The average molecular weight is 476 g/mol. The third-order valence-electron chi connectivity index (χ3n) is 5.68. The Morgan fingerprint density at radius 3 is 2.64 bits per heavy atom. The van der Waals surface area contributed by atoms with E-state index in [0.717, 1.165) is 34.1 Å². The van der Waals surface area contributed by atoms with Gasteiger partial charge >= 0.3 is 0 Å². The first-order chi connectivity index (χ1) is 16.1. The highest BCUT2D eigenvalue weighted by Crippen LogP contribution is 2.26. The number of thiophene rings is 1. The minimum Gasteiger partial charge on any atom is -0.390 e. The van der Waals surface area contributed by atoms with Crippen LogP contribution in [-0.2, 0) is 13.0 Å². The number of fused-ring (bicyclic) bond motifs is 1. The van der Waals surface area contributed by atoms with Crippen molar-refractivity contribution < 1.29 is 5.11 Å². The molecule has 168 valence electrons. The average Bonchev–Trinajstić information content (AvgIpc) is 3.55. The molecule has 2 aromatic carbocycles. The van der Waals surface area contributed by atoms with E-state index in [0.29, 0.717) is 12.3 Å². The molecule has 0 aliphatic rings. The predicted molar refractivity (Wildman–Crippen MR) is 134 cm³/mol. The van der Waals surface area contributed by atoms with Crippen molar-refractivity contribution in [2.45, 2.75) is 38.1 Å². The molecule has 5 aromatic rings. The summed E-state index contributed by atoms with van der Waals surface area (Å²) in [6.45, 7) is 4.67. The lowest BCUT2D eigenvalue weighted by Crippen LogP contribution is -2.18. The molecule has 1 unspecified atom stereocenters. The van der Waals surface area contributed by atoms with Crippen molar-refractivity contribution >= 4 is 34.1 Å². The second-order valence-corrected chi connectivity index (χ2v) is 10.1. The fourth-order valence-corrected chi connectivity index (χ4v) is 5.41. The fourth-order valence-electron chi connectivity index (χ4n) is 3.82. The first-order valence-corrected chi connectivity index (χ1v) is 12.7. The van der Waals surface area contributed by atoms with E-state index in [1.165, 1.54) is 27.8 Å². The first kappa shape index (κ1) is 21.9. The summed E-state index contributed by atoms with van der Waals surface area (Å²) in [4.78, 5) is 5.75. The van der Waals surface area contributed by atoms with Crippen molar-refractivity contribution in [3.63, 3.8) is 0 Å². The zero-order valence-electron chi connectivity index (χ0n) is 18.5. The SMILES string of the molecule is Cc1cc2ncn(CC(O)CSc3nnc(Cc4cccs4)n3-c3ccccc3)c2cc1C. The lowest BCUT2D eigenvalue weighted by molar-refractivity contribution is 0.179. The Morgan fingerprint density at radius 2 is 1.85 bits per heavy atom. The van der Waals surface area contributed by atoms with E-state index in [2.05, 4.69) is 75.4 Å². The van der Waals surface area contributed by atoms with Crippen molar-refractivity contribution in [3.8, 4) is 5.69 Å².